The molecule has 0 saturated carbocycles. The molecule has 3 N–H and O–H groups in total. The zero-order chi connectivity index (χ0) is 17.0. The number of nitrogens with zero attached hydrogens (tertiary/aromatic N) is 2. The minimum atomic E-state index is -0.418. The van der Waals surface area contributed by atoms with Gasteiger partial charge in [0.2, 0.25) is 0 Å². The van der Waals surface area contributed by atoms with Gasteiger partial charge in [-0.1, -0.05) is 17.7 Å². The maximum absolute atomic E-state index is 13.0. The van der Waals surface area contributed by atoms with Crippen LogP contribution in [0.3, 0.4) is 0 Å². The summed E-state index contributed by atoms with van der Waals surface area (Å²) in [6.07, 6.45) is 0. The molecule has 24 heavy (non-hydrogen) atoms. The standard InChI is InChI=1S/C17H9ClN4O2/c18-8-1-4-14-12(5-8)16(23)21-15-13(7-19)10-3-2-9(20)6-11(10)17(24)22(14)15/h1-6H,20H2,(H,21,23). The summed E-state index contributed by atoms with van der Waals surface area (Å²) in [7, 11) is 0. The number of anilines is 1. The number of fused-ring (bicyclic) bond motifs is 4. The summed E-state index contributed by atoms with van der Waals surface area (Å²) in [6, 6.07) is 11.5. The molecule has 0 aliphatic carbocycles. The van der Waals surface area contributed by atoms with E-state index in [9.17, 15) is 14.9 Å². The third-order valence-corrected chi connectivity index (χ3v) is 4.23. The summed E-state index contributed by atoms with van der Waals surface area (Å²) in [5.41, 5.74) is 6.15. The van der Waals surface area contributed by atoms with E-state index in [1.165, 1.54) is 16.5 Å². The Hall–Kier alpha value is -3.30. The zero-order valence-corrected chi connectivity index (χ0v) is 12.9. The van der Waals surface area contributed by atoms with E-state index in [2.05, 4.69) is 11.1 Å². The second kappa shape index (κ2) is 4.85. The number of benzene rings is 2. The molecule has 2 aromatic carbocycles. The highest BCUT2D eigenvalue weighted by Crippen LogP contribution is 2.23. The van der Waals surface area contributed by atoms with E-state index >= 15 is 0 Å². The Labute approximate surface area is 139 Å². The van der Waals surface area contributed by atoms with Crippen LogP contribution >= 0.6 is 11.6 Å². The van der Waals surface area contributed by atoms with Crippen molar-refractivity contribution < 1.29 is 0 Å². The van der Waals surface area contributed by atoms with Crippen molar-refractivity contribution in [3.63, 3.8) is 0 Å². The van der Waals surface area contributed by atoms with Crippen molar-refractivity contribution in [2.75, 3.05) is 5.73 Å². The third-order valence-electron chi connectivity index (χ3n) is 3.99. The maximum atomic E-state index is 13.0. The molecular formula is C17H9ClN4O2. The van der Waals surface area contributed by atoms with E-state index in [1.807, 2.05) is 0 Å². The number of aromatic nitrogens is 2. The van der Waals surface area contributed by atoms with Gasteiger partial charge in [0.05, 0.1) is 16.3 Å². The molecule has 0 unspecified atom stereocenters. The largest absolute Gasteiger partial charge is 0.399 e. The Kier molecular flexibility index (Phi) is 2.89. The van der Waals surface area contributed by atoms with Gasteiger partial charge in [-0.15, -0.1) is 0 Å². The van der Waals surface area contributed by atoms with Crippen LogP contribution in [0.4, 0.5) is 5.69 Å². The lowest BCUT2D eigenvalue weighted by Gasteiger charge is -2.10. The van der Waals surface area contributed by atoms with Crippen molar-refractivity contribution in [3.8, 4) is 6.07 Å². The van der Waals surface area contributed by atoms with Crippen molar-refractivity contribution in [2.24, 2.45) is 0 Å². The Morgan fingerprint density at radius 1 is 1.08 bits per heavy atom. The molecule has 0 fully saturated rings. The van der Waals surface area contributed by atoms with E-state index in [4.69, 9.17) is 17.3 Å². The molecule has 7 heteroatoms. The van der Waals surface area contributed by atoms with E-state index in [-0.39, 0.29) is 22.2 Å². The summed E-state index contributed by atoms with van der Waals surface area (Å²) in [5.74, 6) is 0. The zero-order valence-electron chi connectivity index (χ0n) is 12.1. The lowest BCUT2D eigenvalue weighted by atomic mass is 10.1. The molecule has 2 heterocycles. The first kappa shape index (κ1) is 14.3. The molecule has 0 saturated heterocycles. The predicted octanol–water partition coefficient (Wildman–Crippen LogP) is 2.40. The first-order chi connectivity index (χ1) is 11.5. The molecule has 0 spiro atoms. The van der Waals surface area contributed by atoms with Crippen LogP contribution in [0.25, 0.3) is 27.3 Å². The molecular weight excluding hydrogens is 328 g/mol. The van der Waals surface area contributed by atoms with Crippen molar-refractivity contribution in [1.82, 2.24) is 9.38 Å². The quantitative estimate of drug-likeness (QED) is 0.292. The fourth-order valence-electron chi connectivity index (χ4n) is 2.94. The minimum absolute atomic E-state index is 0.152. The first-order valence-corrected chi connectivity index (χ1v) is 7.38. The number of nitrogen functional groups attached to an aromatic ring is 1. The number of H-pyrrole nitrogens is 1. The van der Waals surface area contributed by atoms with Crippen molar-refractivity contribution in [1.29, 1.82) is 5.26 Å². The van der Waals surface area contributed by atoms with Gasteiger partial charge in [-0.05, 0) is 30.3 Å². The van der Waals surface area contributed by atoms with Crippen LogP contribution in [0.2, 0.25) is 5.02 Å². The molecule has 2 aromatic heterocycles. The average Bonchev–Trinajstić information content (AvgIpc) is 2.56. The van der Waals surface area contributed by atoms with Crippen molar-refractivity contribution >= 4 is 44.6 Å². The van der Waals surface area contributed by atoms with Gasteiger partial charge in [-0.25, -0.2) is 0 Å². The number of nitrogens with one attached hydrogen (secondary N) is 1. The summed E-state index contributed by atoms with van der Waals surface area (Å²) >= 11 is 5.95. The van der Waals surface area contributed by atoms with Gasteiger partial charge >= 0.3 is 0 Å². The fraction of sp³-hybridized carbons (Fsp3) is 0. The van der Waals surface area contributed by atoms with E-state index < -0.39 is 5.56 Å². The lowest BCUT2D eigenvalue weighted by Crippen LogP contribution is -2.22. The number of nitriles is 1. The van der Waals surface area contributed by atoms with Gasteiger partial charge in [0.1, 0.15) is 17.3 Å². The van der Waals surface area contributed by atoms with Crippen LogP contribution in [0.1, 0.15) is 5.56 Å². The highest BCUT2D eigenvalue weighted by atomic mass is 35.5. The molecule has 4 rings (SSSR count). The SMILES string of the molecule is N#Cc1c2ccc(N)cc2c(=O)n2c1[nH]c(=O)c1cc(Cl)ccc12. The Morgan fingerprint density at radius 2 is 1.88 bits per heavy atom. The number of nitrogens with two attached hydrogens (primary N) is 1. The highest BCUT2D eigenvalue weighted by Gasteiger charge is 2.16. The van der Waals surface area contributed by atoms with Crippen molar-refractivity contribution in [2.45, 2.75) is 0 Å². The number of aromatic amines is 1. The molecule has 4 aromatic rings. The number of pyridine rings is 1. The molecule has 0 atom stereocenters. The van der Waals surface area contributed by atoms with Gasteiger partial charge < -0.3 is 10.7 Å². The summed E-state index contributed by atoms with van der Waals surface area (Å²) < 4.78 is 1.31. The van der Waals surface area contributed by atoms with Gasteiger partial charge in [0.15, 0.2) is 0 Å². The molecule has 116 valence electrons. The smallest absolute Gasteiger partial charge is 0.264 e. The Bertz CT molecular complexity index is 1330. The minimum Gasteiger partial charge on any atom is -0.399 e. The van der Waals surface area contributed by atoms with Crippen LogP contribution in [0.15, 0.2) is 46.0 Å². The highest BCUT2D eigenvalue weighted by molar-refractivity contribution is 6.31. The third kappa shape index (κ3) is 1.82. The fourth-order valence-corrected chi connectivity index (χ4v) is 3.11. The lowest BCUT2D eigenvalue weighted by molar-refractivity contribution is 1.10. The summed E-state index contributed by atoms with van der Waals surface area (Å²) in [6.45, 7) is 0. The topological polar surface area (TPSA) is 104 Å². The van der Waals surface area contributed by atoms with Crippen LogP contribution in [0, 0.1) is 11.3 Å². The number of rotatable bonds is 0. The summed E-state index contributed by atoms with van der Waals surface area (Å²) in [5, 5.41) is 11.0. The van der Waals surface area contributed by atoms with Crippen molar-refractivity contribution in [3.05, 3.63) is 67.7 Å². The maximum Gasteiger partial charge on any atom is 0.264 e. The monoisotopic (exact) mass is 336 g/mol. The van der Waals surface area contributed by atoms with E-state index in [0.29, 0.717) is 27.0 Å². The normalized spacial score (nSPS) is 11.2. The van der Waals surface area contributed by atoms with Crippen LogP contribution < -0.4 is 16.9 Å². The number of hydrogen-bond acceptors (Lipinski definition) is 4. The second-order valence-corrected chi connectivity index (χ2v) is 5.83. The molecule has 0 aliphatic heterocycles. The van der Waals surface area contributed by atoms with Crippen LogP contribution in [-0.4, -0.2) is 9.38 Å². The van der Waals surface area contributed by atoms with E-state index in [1.54, 1.807) is 24.3 Å². The first-order valence-electron chi connectivity index (χ1n) is 7.01. The van der Waals surface area contributed by atoms with Gasteiger partial charge in [-0.2, -0.15) is 5.26 Å². The van der Waals surface area contributed by atoms with E-state index in [0.717, 1.165) is 0 Å². The van der Waals surface area contributed by atoms with Gasteiger partial charge in [0, 0.05) is 16.1 Å². The molecule has 0 radical (unpaired) electrons. The number of hydrogen-bond donors (Lipinski definition) is 2. The predicted molar refractivity (Wildman–Crippen MR) is 93.4 cm³/mol. The van der Waals surface area contributed by atoms with Crippen LogP contribution in [-0.2, 0) is 0 Å². The Balaban J connectivity index is 2.44. The molecule has 0 aliphatic rings. The average molecular weight is 337 g/mol. The van der Waals surface area contributed by atoms with Gasteiger partial charge in [-0.3, -0.25) is 14.0 Å². The Morgan fingerprint density at radius 3 is 2.62 bits per heavy atom. The summed E-state index contributed by atoms with van der Waals surface area (Å²) in [4.78, 5) is 27.9. The molecule has 6 nitrogen and oxygen atoms in total. The van der Waals surface area contributed by atoms with Crippen LogP contribution in [0.5, 0.6) is 0 Å². The second-order valence-electron chi connectivity index (χ2n) is 5.40. The van der Waals surface area contributed by atoms with Gasteiger partial charge in [0.25, 0.3) is 11.1 Å². The number of halogens is 1. The molecule has 0 bridgehead atoms. The molecule has 0 amide bonds.